The van der Waals surface area contributed by atoms with E-state index in [0.717, 1.165) is 11.1 Å². The summed E-state index contributed by atoms with van der Waals surface area (Å²) in [7, 11) is -13.8. The van der Waals surface area contributed by atoms with E-state index in [1.165, 1.54) is 42.2 Å². The molecule has 584 valence electrons. The molecule has 0 saturated carbocycles. The number of nitrogens with zero attached hydrogens (tertiary/aromatic N) is 4. The van der Waals surface area contributed by atoms with Crippen LogP contribution in [0.5, 0.6) is 0 Å². The Labute approximate surface area is 626 Å². The maximum atomic E-state index is 14.1. The number of amides is 6. The molecule has 38 heteroatoms. The number of fused-ring (bicyclic) bond motifs is 2. The van der Waals surface area contributed by atoms with Crippen LogP contribution in [0.2, 0.25) is 0 Å². The summed E-state index contributed by atoms with van der Waals surface area (Å²) in [6.45, 7) is 11.6. The number of carboxylic acids is 2. The number of carbonyl (C=O) groups is 8. The number of aliphatic carboxylic acids is 2. The monoisotopic (exact) mass is 1560 g/mol. The highest BCUT2D eigenvalue weighted by Gasteiger charge is 2.33. The number of hydrogen-bond donors (Lipinski definition) is 15. The first-order chi connectivity index (χ1) is 51.4. The lowest BCUT2D eigenvalue weighted by Crippen LogP contribution is -2.51. The highest BCUT2D eigenvalue weighted by Crippen LogP contribution is 2.25. The quantitative estimate of drug-likeness (QED) is 0.0194. The topological polar surface area (TPSA) is 521 Å². The smallest absolute Gasteiger partial charge is 0.323 e. The lowest BCUT2D eigenvalue weighted by atomic mass is 10.0. The average molecular weight is 1570 g/mol. The third-order valence-electron chi connectivity index (χ3n) is 17.6. The minimum atomic E-state index is -4.93. The normalized spacial score (nSPS) is 13.1. The van der Waals surface area contributed by atoms with Crippen LogP contribution in [0.25, 0.3) is 21.8 Å². The Morgan fingerprint density at radius 3 is 1.33 bits per heavy atom. The van der Waals surface area contributed by atoms with Crippen LogP contribution < -0.4 is 62.8 Å². The van der Waals surface area contributed by atoms with Gasteiger partial charge in [-0.05, 0) is 125 Å². The molecule has 0 spiro atoms. The number of sulfonamides is 2. The van der Waals surface area contributed by atoms with Crippen molar-refractivity contribution in [3.05, 3.63) is 174 Å². The van der Waals surface area contributed by atoms with Gasteiger partial charge < -0.3 is 71.8 Å². The van der Waals surface area contributed by atoms with Gasteiger partial charge in [0.1, 0.15) is 41.0 Å². The minimum absolute atomic E-state index is 0.00377. The van der Waals surface area contributed by atoms with E-state index in [-0.39, 0.29) is 91.9 Å². The molecule has 0 fully saturated rings. The summed E-state index contributed by atoms with van der Waals surface area (Å²) in [6.07, 6.45) is 8.61. The Bertz CT molecular complexity index is 5200. The van der Waals surface area contributed by atoms with Crippen LogP contribution in [-0.2, 0) is 85.1 Å². The number of aromatic amines is 2. The van der Waals surface area contributed by atoms with E-state index in [2.05, 4.69) is 71.9 Å². The molecule has 0 radical (unpaired) electrons. The number of pyridine rings is 2. The van der Waals surface area contributed by atoms with Crippen molar-refractivity contribution in [2.45, 2.75) is 148 Å². The zero-order valence-electron chi connectivity index (χ0n) is 60.9. The van der Waals surface area contributed by atoms with E-state index in [1.54, 1.807) is 120 Å². The summed E-state index contributed by atoms with van der Waals surface area (Å²) in [6, 6.07) is 9.48. The van der Waals surface area contributed by atoms with Crippen LogP contribution in [0.1, 0.15) is 111 Å². The van der Waals surface area contributed by atoms with Gasteiger partial charge in [-0.25, -0.2) is 26.8 Å². The first-order valence-electron chi connectivity index (χ1n) is 34.5. The molecule has 0 saturated heterocycles. The number of aryl methyl sites for hydroxylation is 8. The van der Waals surface area contributed by atoms with Crippen molar-refractivity contribution in [2.75, 3.05) is 42.6 Å². The fraction of sp³-hybridized carbons (Fsp3) is 0.380. The number of rotatable bonds is 39. The lowest BCUT2D eigenvalue weighted by molar-refractivity contribution is -0.139. The standard InChI is InChI=1S/C71H88N16O19S3/c1-9-52(66(94)72-18-10-24-86-36-50(59(89)48-15-13-46(30-56(48)86)32-80-70-74-20-21-75-70)64(92)78-34-53(68(96)97)84-108(103,104)61-42(5)26-39(2)27-43(61)6)82-58(88)17-12-41(4)63(91)83-55(38-107(100,101)102)67(95)73-19-11-25-87-37-51(60(90)49-16-14-47(31-57(49)87)33-81-71-76-22-23-77-71)65(93)79-35-54(69(98)99)85-109(105,106)62-44(7)28-40(3)29-45(62)8/h13-16,20-23,26-31,36-37,41,52-55,84-85H,9-12,17-19,24-25,32-35,38H2,1-8H3,(H,72,94)(H,73,95)(H,78,92)(H,79,93)(H,82,88)(H,83,91)(H,96,97)(H,98,99)(H2,74,75,80)(H2,76,77,81)(H,100,101,102)/t41-,52-,53?,54?,55-/m0/s1. The van der Waals surface area contributed by atoms with E-state index in [9.17, 15) is 88.0 Å². The highest BCUT2D eigenvalue weighted by molar-refractivity contribution is 7.90. The zero-order chi connectivity index (χ0) is 79.8. The molecule has 0 bridgehead atoms. The Balaban J connectivity index is 0.864. The van der Waals surface area contributed by atoms with Gasteiger partial charge in [-0.3, -0.25) is 52.5 Å². The van der Waals surface area contributed by atoms with Gasteiger partial charge in [0.15, 0.2) is 11.9 Å². The van der Waals surface area contributed by atoms with E-state index in [0.29, 0.717) is 56.3 Å². The van der Waals surface area contributed by atoms with Crippen molar-refractivity contribution >= 4 is 111 Å². The Kier molecular flexibility index (Phi) is 28.0. The predicted octanol–water partition coefficient (Wildman–Crippen LogP) is 2.56. The molecule has 0 aliphatic carbocycles. The second kappa shape index (κ2) is 36.6. The van der Waals surface area contributed by atoms with Crippen molar-refractivity contribution < 1.29 is 78.4 Å². The molecule has 109 heavy (non-hydrogen) atoms. The summed E-state index contributed by atoms with van der Waals surface area (Å²) in [5.41, 5.74) is 2.75. The number of aromatic nitrogens is 6. The Morgan fingerprint density at radius 1 is 0.541 bits per heavy atom. The first-order valence-corrected chi connectivity index (χ1v) is 39.1. The van der Waals surface area contributed by atoms with Gasteiger partial charge in [0, 0.05) is 113 Å². The first kappa shape index (κ1) is 83.4. The minimum Gasteiger partial charge on any atom is -0.480 e. The maximum Gasteiger partial charge on any atom is 0.323 e. The SMILES string of the molecule is CC[C@H](NC(=O)CC[C@H](C)C(=O)N[C@@H](CS(=O)(=O)O)C(=O)NCCCn1cc(C(=O)NCC(NS(=O)(=O)c2c(C)cc(C)cc2C)C(=O)O)c(=O)c2ccc(CNc3ncc[nH]3)cc21)C(=O)NCCCn1cc(C(=O)NCC(NS(=O)(=O)c2c(C)cc(C)cc2C)C(=O)O)c(=O)c2ccc(CNc3ncc[nH]3)cc21. The van der Waals surface area contributed by atoms with Gasteiger partial charge in [0.2, 0.25) is 54.5 Å². The Morgan fingerprint density at radius 2 is 0.954 bits per heavy atom. The van der Waals surface area contributed by atoms with Gasteiger partial charge in [-0.15, -0.1) is 0 Å². The summed E-state index contributed by atoms with van der Waals surface area (Å²) < 4.78 is 95.9. The second-order valence-electron chi connectivity index (χ2n) is 26.4. The molecule has 15 N–H and O–H groups in total. The number of benzene rings is 4. The average Bonchev–Trinajstić information content (AvgIpc) is 1.02. The van der Waals surface area contributed by atoms with Crippen LogP contribution in [0.15, 0.2) is 117 Å². The Hall–Kier alpha value is -11.2. The molecule has 5 atom stereocenters. The van der Waals surface area contributed by atoms with Gasteiger partial charge >= 0.3 is 11.9 Å². The largest absolute Gasteiger partial charge is 0.480 e. The molecule has 35 nitrogen and oxygen atoms in total. The van der Waals surface area contributed by atoms with Gasteiger partial charge in [-0.2, -0.15) is 17.9 Å². The third-order valence-corrected chi connectivity index (χ3v) is 21.9. The van der Waals surface area contributed by atoms with Crippen LogP contribution in [0, 0.1) is 47.5 Å². The van der Waals surface area contributed by atoms with E-state index in [4.69, 9.17) is 0 Å². The van der Waals surface area contributed by atoms with E-state index >= 15 is 0 Å². The fourth-order valence-corrected chi connectivity index (χ4v) is 16.4. The number of H-pyrrole nitrogens is 2. The molecule has 4 aromatic carbocycles. The fourth-order valence-electron chi connectivity index (χ4n) is 12.5. The van der Waals surface area contributed by atoms with Crippen LogP contribution >= 0.6 is 0 Å². The highest BCUT2D eigenvalue weighted by atomic mass is 32.2. The van der Waals surface area contributed by atoms with Crippen molar-refractivity contribution in [1.29, 1.82) is 0 Å². The summed E-state index contributed by atoms with van der Waals surface area (Å²) in [5, 5.41) is 41.5. The molecule has 4 aromatic heterocycles. The number of carbonyl (C=O) groups excluding carboxylic acids is 6. The zero-order valence-corrected chi connectivity index (χ0v) is 63.4. The third kappa shape index (κ3) is 22.5. The molecule has 8 aromatic rings. The molecular formula is C71H88N16O19S3. The molecule has 0 aliphatic rings. The molecule has 6 amide bonds. The van der Waals surface area contributed by atoms with E-state index < -0.39 is 148 Å². The summed E-state index contributed by atoms with van der Waals surface area (Å²) in [4.78, 5) is 149. The van der Waals surface area contributed by atoms with Crippen LogP contribution in [-0.4, -0.2) is 173 Å². The van der Waals surface area contributed by atoms with Gasteiger partial charge in [-0.1, -0.05) is 61.4 Å². The van der Waals surface area contributed by atoms with Gasteiger partial charge in [0.05, 0.1) is 20.8 Å². The number of carboxylic acid groups (broad SMARTS) is 2. The number of hydrogen-bond acceptors (Lipinski definition) is 20. The summed E-state index contributed by atoms with van der Waals surface area (Å²) in [5.74, 6) is -9.83. The molecule has 8 rings (SSSR count). The van der Waals surface area contributed by atoms with Crippen molar-refractivity contribution in [2.24, 2.45) is 5.92 Å². The molecule has 4 heterocycles. The molecule has 2 unspecified atom stereocenters. The number of imidazole rings is 2. The van der Waals surface area contributed by atoms with E-state index in [1.807, 2.05) is 0 Å². The van der Waals surface area contributed by atoms with Crippen molar-refractivity contribution in [3.8, 4) is 0 Å². The number of nitrogens with one attached hydrogen (secondary N) is 12. The molecular weight excluding hydrogens is 1480 g/mol. The maximum absolute atomic E-state index is 14.1. The summed E-state index contributed by atoms with van der Waals surface area (Å²) >= 11 is 0. The van der Waals surface area contributed by atoms with Crippen LogP contribution in [0.3, 0.4) is 0 Å². The predicted molar refractivity (Wildman–Crippen MR) is 402 cm³/mol. The lowest BCUT2D eigenvalue weighted by Gasteiger charge is -2.21. The van der Waals surface area contributed by atoms with Gasteiger partial charge in [0.25, 0.3) is 21.9 Å². The van der Waals surface area contributed by atoms with Crippen molar-refractivity contribution in [1.82, 2.24) is 70.4 Å². The molecule has 0 aliphatic heterocycles. The van der Waals surface area contributed by atoms with Crippen molar-refractivity contribution in [3.63, 3.8) is 0 Å². The number of anilines is 2. The van der Waals surface area contributed by atoms with Crippen LogP contribution in [0.4, 0.5) is 11.9 Å². The second-order valence-corrected chi connectivity index (χ2v) is 31.2.